The molecule has 1 nitrogen and oxygen atoms in total. The second-order valence-corrected chi connectivity index (χ2v) is 6.31. The normalized spacial score (nSPS) is 49.2. The third kappa shape index (κ3) is 1.03. The molecule has 0 spiro atoms. The molecule has 0 aromatic carbocycles. The predicted octanol–water partition coefficient (Wildman–Crippen LogP) is 2.52. The van der Waals surface area contributed by atoms with Crippen molar-refractivity contribution in [2.45, 2.75) is 52.1 Å². The van der Waals surface area contributed by atoms with E-state index in [1.165, 1.54) is 25.8 Å². The Morgan fingerprint density at radius 2 is 1.92 bits per heavy atom. The van der Waals surface area contributed by atoms with Crippen LogP contribution in [0.15, 0.2) is 0 Å². The average Bonchev–Trinajstić information content (AvgIpc) is 2.53. The van der Waals surface area contributed by atoms with Crippen molar-refractivity contribution in [1.82, 2.24) is 4.90 Å². The van der Waals surface area contributed by atoms with Crippen LogP contribution in [0.1, 0.15) is 40.0 Å². The molecule has 0 aromatic heterocycles. The number of hydrogen-bond donors (Lipinski definition) is 0. The summed E-state index contributed by atoms with van der Waals surface area (Å²) < 4.78 is 0. The zero-order valence-corrected chi connectivity index (χ0v) is 9.09. The lowest BCUT2D eigenvalue weighted by Gasteiger charge is -2.35. The first-order valence-corrected chi connectivity index (χ1v) is 5.85. The van der Waals surface area contributed by atoms with E-state index < -0.39 is 0 Å². The van der Waals surface area contributed by atoms with E-state index in [0.717, 1.165) is 23.9 Å². The summed E-state index contributed by atoms with van der Waals surface area (Å²) in [6.07, 6.45) is 4.45. The largest absolute Gasteiger partial charge is 0.297 e. The van der Waals surface area contributed by atoms with E-state index in [9.17, 15) is 0 Å². The van der Waals surface area contributed by atoms with Crippen LogP contribution in [-0.2, 0) is 0 Å². The first-order valence-electron chi connectivity index (χ1n) is 5.85. The SMILES string of the molecule is CC(C)(C)C1C2CC2N2CCCC12. The average molecular weight is 179 g/mol. The zero-order valence-electron chi connectivity index (χ0n) is 9.09. The van der Waals surface area contributed by atoms with E-state index in [-0.39, 0.29) is 0 Å². The van der Waals surface area contributed by atoms with Gasteiger partial charge < -0.3 is 0 Å². The van der Waals surface area contributed by atoms with Crippen LogP contribution >= 0.6 is 0 Å². The minimum Gasteiger partial charge on any atom is -0.297 e. The van der Waals surface area contributed by atoms with Gasteiger partial charge in [0, 0.05) is 12.1 Å². The Hall–Kier alpha value is -0.0400. The maximum atomic E-state index is 2.82. The molecule has 13 heavy (non-hydrogen) atoms. The summed E-state index contributed by atoms with van der Waals surface area (Å²) in [4.78, 5) is 2.82. The van der Waals surface area contributed by atoms with Crippen LogP contribution in [0.5, 0.6) is 0 Å². The highest BCUT2D eigenvalue weighted by molar-refractivity contribution is 5.14. The fourth-order valence-electron chi connectivity index (χ4n) is 4.08. The molecule has 3 aliphatic rings. The van der Waals surface area contributed by atoms with Crippen LogP contribution in [0.25, 0.3) is 0 Å². The number of nitrogens with zero attached hydrogens (tertiary/aromatic N) is 1. The van der Waals surface area contributed by atoms with Gasteiger partial charge in [0.15, 0.2) is 0 Å². The quantitative estimate of drug-likeness (QED) is 0.552. The van der Waals surface area contributed by atoms with Gasteiger partial charge in [-0.05, 0) is 43.1 Å². The van der Waals surface area contributed by atoms with Crippen molar-refractivity contribution in [2.24, 2.45) is 17.3 Å². The van der Waals surface area contributed by atoms with Gasteiger partial charge in [-0.1, -0.05) is 20.8 Å². The van der Waals surface area contributed by atoms with Gasteiger partial charge in [-0.3, -0.25) is 4.90 Å². The topological polar surface area (TPSA) is 3.24 Å². The molecule has 1 aliphatic carbocycles. The molecule has 0 amide bonds. The molecular weight excluding hydrogens is 158 g/mol. The Balaban J connectivity index is 1.88. The molecule has 4 unspecified atom stereocenters. The number of piperidine rings is 1. The Morgan fingerprint density at radius 3 is 2.62 bits per heavy atom. The van der Waals surface area contributed by atoms with E-state index in [1.807, 2.05) is 0 Å². The number of fused-ring (bicyclic) bond motifs is 3. The van der Waals surface area contributed by atoms with Crippen LogP contribution < -0.4 is 0 Å². The van der Waals surface area contributed by atoms with Crippen molar-refractivity contribution in [3.05, 3.63) is 0 Å². The lowest BCUT2D eigenvalue weighted by Crippen LogP contribution is -2.36. The molecule has 2 aliphatic heterocycles. The first-order chi connectivity index (χ1) is 6.09. The molecule has 3 rings (SSSR count). The van der Waals surface area contributed by atoms with Gasteiger partial charge in [0.1, 0.15) is 0 Å². The molecule has 2 saturated heterocycles. The third-order valence-electron chi connectivity index (χ3n) is 4.45. The van der Waals surface area contributed by atoms with Gasteiger partial charge in [-0.15, -0.1) is 0 Å². The molecule has 4 atom stereocenters. The fourth-order valence-corrected chi connectivity index (χ4v) is 4.08. The summed E-state index contributed by atoms with van der Waals surface area (Å²) in [5.74, 6) is 2.07. The van der Waals surface area contributed by atoms with E-state index in [0.29, 0.717) is 5.41 Å². The molecule has 1 heteroatoms. The predicted molar refractivity (Wildman–Crippen MR) is 54.6 cm³/mol. The van der Waals surface area contributed by atoms with Crippen LogP contribution in [0.4, 0.5) is 0 Å². The lowest BCUT2D eigenvalue weighted by molar-refractivity contribution is 0.143. The van der Waals surface area contributed by atoms with Crippen molar-refractivity contribution >= 4 is 0 Å². The van der Waals surface area contributed by atoms with Crippen molar-refractivity contribution < 1.29 is 0 Å². The summed E-state index contributed by atoms with van der Waals surface area (Å²) in [6.45, 7) is 8.72. The molecule has 2 heterocycles. The Bertz CT molecular complexity index is 228. The van der Waals surface area contributed by atoms with Crippen LogP contribution in [0.3, 0.4) is 0 Å². The summed E-state index contributed by atoms with van der Waals surface area (Å²) in [5, 5.41) is 0. The molecular formula is C12H21N. The smallest absolute Gasteiger partial charge is 0.0135 e. The van der Waals surface area contributed by atoms with Gasteiger partial charge in [-0.25, -0.2) is 0 Å². The number of hydrogen-bond acceptors (Lipinski definition) is 1. The first kappa shape index (κ1) is 8.28. The van der Waals surface area contributed by atoms with Crippen molar-refractivity contribution in [3.63, 3.8) is 0 Å². The molecule has 0 radical (unpaired) electrons. The summed E-state index contributed by atoms with van der Waals surface area (Å²) >= 11 is 0. The third-order valence-corrected chi connectivity index (χ3v) is 4.45. The van der Waals surface area contributed by atoms with Gasteiger partial charge in [0.05, 0.1) is 0 Å². The van der Waals surface area contributed by atoms with Gasteiger partial charge in [0.2, 0.25) is 0 Å². The molecule has 3 fully saturated rings. The monoisotopic (exact) mass is 179 g/mol. The standard InChI is InChI=1S/C12H21N/c1-12(2,3)11-8-7-10(8)13-6-4-5-9(11)13/h8-11H,4-7H2,1-3H3. The van der Waals surface area contributed by atoms with E-state index in [1.54, 1.807) is 0 Å². The van der Waals surface area contributed by atoms with E-state index >= 15 is 0 Å². The Morgan fingerprint density at radius 1 is 1.15 bits per heavy atom. The van der Waals surface area contributed by atoms with Gasteiger partial charge in [-0.2, -0.15) is 0 Å². The zero-order chi connectivity index (χ0) is 9.22. The molecule has 0 N–H and O–H groups in total. The van der Waals surface area contributed by atoms with Crippen molar-refractivity contribution in [2.75, 3.05) is 6.54 Å². The minimum absolute atomic E-state index is 0.545. The van der Waals surface area contributed by atoms with E-state index in [2.05, 4.69) is 25.7 Å². The summed E-state index contributed by atoms with van der Waals surface area (Å²) in [6, 6.07) is 1.97. The van der Waals surface area contributed by atoms with Crippen molar-refractivity contribution in [3.8, 4) is 0 Å². The number of rotatable bonds is 0. The second-order valence-electron chi connectivity index (χ2n) is 6.31. The highest BCUT2D eigenvalue weighted by atomic mass is 15.3. The summed E-state index contributed by atoms with van der Waals surface area (Å²) in [5.41, 5.74) is 0.545. The maximum Gasteiger partial charge on any atom is 0.0135 e. The maximum absolute atomic E-state index is 2.82. The highest BCUT2D eigenvalue weighted by Gasteiger charge is 2.61. The summed E-state index contributed by atoms with van der Waals surface area (Å²) in [7, 11) is 0. The molecule has 0 aromatic rings. The molecule has 0 bridgehead atoms. The Kier molecular flexibility index (Phi) is 1.47. The van der Waals surface area contributed by atoms with Gasteiger partial charge >= 0.3 is 0 Å². The van der Waals surface area contributed by atoms with Crippen LogP contribution in [-0.4, -0.2) is 23.5 Å². The van der Waals surface area contributed by atoms with Crippen LogP contribution in [0, 0.1) is 17.3 Å². The fraction of sp³-hybridized carbons (Fsp3) is 1.00. The lowest BCUT2D eigenvalue weighted by atomic mass is 9.74. The van der Waals surface area contributed by atoms with Crippen LogP contribution in [0.2, 0.25) is 0 Å². The highest BCUT2D eigenvalue weighted by Crippen LogP contribution is 2.59. The second kappa shape index (κ2) is 2.31. The van der Waals surface area contributed by atoms with Gasteiger partial charge in [0.25, 0.3) is 0 Å². The molecule has 74 valence electrons. The van der Waals surface area contributed by atoms with Crippen molar-refractivity contribution in [1.29, 1.82) is 0 Å². The molecule has 1 saturated carbocycles. The minimum atomic E-state index is 0.545. The Labute approximate surface area is 81.5 Å². The van der Waals surface area contributed by atoms with E-state index in [4.69, 9.17) is 0 Å².